The number of primary amides is 1. The molecule has 1 saturated carbocycles. The minimum atomic E-state index is -0.525. The van der Waals surface area contributed by atoms with Gasteiger partial charge in [-0.25, -0.2) is 9.78 Å². The lowest BCUT2D eigenvalue weighted by molar-refractivity contribution is -0.119. The van der Waals surface area contributed by atoms with E-state index in [2.05, 4.69) is 15.6 Å². The Kier molecular flexibility index (Phi) is 8.03. The second-order valence-electron chi connectivity index (χ2n) is 9.24. The number of hydrogen-bond donors (Lipinski definition) is 3. The molecule has 10 nitrogen and oxygen atoms in total. The lowest BCUT2D eigenvalue weighted by Gasteiger charge is -2.23. The van der Waals surface area contributed by atoms with Crippen LogP contribution in [0.5, 0.6) is 0 Å². The van der Waals surface area contributed by atoms with Crippen molar-refractivity contribution in [1.29, 1.82) is 5.26 Å². The minimum Gasteiger partial charge on any atom is -0.370 e. The molecule has 0 unspecified atom stereocenters. The Hall–Kier alpha value is -4.39. The number of imidazole rings is 1. The number of carbonyl (C=O) groups is 3. The third-order valence-corrected chi connectivity index (χ3v) is 6.68. The maximum absolute atomic E-state index is 13.0. The van der Waals surface area contributed by atoms with Gasteiger partial charge < -0.3 is 20.5 Å². The highest BCUT2D eigenvalue weighted by Crippen LogP contribution is 2.30. The molecule has 1 fully saturated rings. The van der Waals surface area contributed by atoms with E-state index in [0.717, 1.165) is 18.5 Å². The zero-order valence-electron chi connectivity index (χ0n) is 20.9. The van der Waals surface area contributed by atoms with Crippen molar-refractivity contribution < 1.29 is 14.4 Å². The van der Waals surface area contributed by atoms with E-state index in [-0.39, 0.29) is 24.8 Å². The fourth-order valence-electron chi connectivity index (χ4n) is 4.80. The number of fused-ring (bicyclic) bond motifs is 1. The smallest absolute Gasteiger partial charge is 0.326 e. The number of nitrogens with one attached hydrogen (secondary N) is 2. The molecule has 0 saturated heterocycles. The summed E-state index contributed by atoms with van der Waals surface area (Å²) in [7, 11) is 0. The van der Waals surface area contributed by atoms with Gasteiger partial charge in [-0.05, 0) is 68.1 Å². The molecule has 1 aromatic heterocycles. The standard InChI is InChI=1S/C27H31N7O3/c1-2-33(25(36)15-18-5-3-4-6-18)21-11-12-23-22(16-21)31-26(34(23)14-13-24(29)35)32-27(37)30-20-9-7-19(17-28)8-10-20/h7-12,16,18H,2-6,13-15H2,1H3,(H2,29,35)(H2,30,31,32,37). The minimum absolute atomic E-state index is 0.0695. The first-order chi connectivity index (χ1) is 17.9. The number of nitrogens with zero attached hydrogens (tertiary/aromatic N) is 4. The Labute approximate surface area is 215 Å². The second kappa shape index (κ2) is 11.6. The van der Waals surface area contributed by atoms with Crippen LogP contribution in [0.2, 0.25) is 0 Å². The van der Waals surface area contributed by atoms with Gasteiger partial charge in [-0.1, -0.05) is 12.8 Å². The molecular weight excluding hydrogens is 470 g/mol. The number of benzene rings is 2. The molecule has 192 valence electrons. The molecule has 0 atom stereocenters. The highest BCUT2D eigenvalue weighted by molar-refractivity contribution is 6.00. The molecule has 1 aliphatic rings. The molecular formula is C27H31N7O3. The molecule has 0 radical (unpaired) electrons. The van der Waals surface area contributed by atoms with Gasteiger partial charge in [-0.2, -0.15) is 5.26 Å². The van der Waals surface area contributed by atoms with Crippen molar-refractivity contribution in [3.63, 3.8) is 0 Å². The summed E-state index contributed by atoms with van der Waals surface area (Å²) >= 11 is 0. The fourth-order valence-corrected chi connectivity index (χ4v) is 4.80. The quantitative estimate of drug-likeness (QED) is 0.399. The Balaban J connectivity index is 1.57. The largest absolute Gasteiger partial charge is 0.370 e. The van der Waals surface area contributed by atoms with Crippen LogP contribution in [0.25, 0.3) is 11.0 Å². The van der Waals surface area contributed by atoms with Crippen molar-refractivity contribution in [3.8, 4) is 6.07 Å². The number of hydrogen-bond acceptors (Lipinski definition) is 5. The number of anilines is 3. The van der Waals surface area contributed by atoms with Crippen LogP contribution in [0.1, 0.15) is 51.0 Å². The van der Waals surface area contributed by atoms with Crippen molar-refractivity contribution >= 4 is 46.2 Å². The Morgan fingerprint density at radius 3 is 2.51 bits per heavy atom. The Morgan fingerprint density at radius 1 is 1.14 bits per heavy atom. The zero-order valence-corrected chi connectivity index (χ0v) is 20.9. The summed E-state index contributed by atoms with van der Waals surface area (Å²) in [5.41, 5.74) is 8.40. The monoisotopic (exact) mass is 501 g/mol. The zero-order chi connectivity index (χ0) is 26.4. The first kappa shape index (κ1) is 25.7. The van der Waals surface area contributed by atoms with Crippen molar-refractivity contribution in [2.75, 3.05) is 22.1 Å². The van der Waals surface area contributed by atoms with E-state index in [0.29, 0.717) is 41.2 Å². The number of carbonyl (C=O) groups excluding carboxylic acids is 3. The van der Waals surface area contributed by atoms with Crippen LogP contribution in [0.3, 0.4) is 0 Å². The van der Waals surface area contributed by atoms with Crippen LogP contribution in [0.15, 0.2) is 42.5 Å². The summed E-state index contributed by atoms with van der Waals surface area (Å²) in [4.78, 5) is 43.6. The van der Waals surface area contributed by atoms with Gasteiger partial charge in [-0.15, -0.1) is 0 Å². The molecule has 1 aliphatic carbocycles. The van der Waals surface area contributed by atoms with Crippen LogP contribution in [0, 0.1) is 17.2 Å². The van der Waals surface area contributed by atoms with Crippen molar-refractivity contribution in [3.05, 3.63) is 48.0 Å². The molecule has 2 aromatic carbocycles. The maximum Gasteiger partial charge on any atom is 0.326 e. The van der Waals surface area contributed by atoms with Gasteiger partial charge in [0.2, 0.25) is 17.8 Å². The lowest BCUT2D eigenvalue weighted by atomic mass is 10.0. The molecule has 4 rings (SSSR count). The van der Waals surface area contributed by atoms with Crippen molar-refractivity contribution in [2.45, 2.75) is 52.0 Å². The van der Waals surface area contributed by atoms with Gasteiger partial charge >= 0.3 is 6.03 Å². The molecule has 1 heterocycles. The molecule has 37 heavy (non-hydrogen) atoms. The van der Waals surface area contributed by atoms with Gasteiger partial charge in [0.25, 0.3) is 0 Å². The Morgan fingerprint density at radius 2 is 1.86 bits per heavy atom. The topological polar surface area (TPSA) is 146 Å². The SMILES string of the molecule is CCN(C(=O)CC1CCCC1)c1ccc2c(c1)nc(NC(=O)Nc1ccc(C#N)cc1)n2CCC(N)=O. The molecule has 0 spiro atoms. The van der Waals surface area contributed by atoms with Gasteiger partial charge in [0, 0.05) is 37.3 Å². The summed E-state index contributed by atoms with van der Waals surface area (Å²) in [5, 5.41) is 14.4. The van der Waals surface area contributed by atoms with E-state index in [1.54, 1.807) is 33.7 Å². The third kappa shape index (κ3) is 6.25. The van der Waals surface area contributed by atoms with E-state index >= 15 is 0 Å². The summed E-state index contributed by atoms with van der Waals surface area (Å²) in [6, 6.07) is 13.5. The molecule has 10 heteroatoms. The normalized spacial score (nSPS) is 13.3. The van der Waals surface area contributed by atoms with Crippen LogP contribution in [-0.2, 0) is 16.1 Å². The molecule has 3 aromatic rings. The lowest BCUT2D eigenvalue weighted by Crippen LogP contribution is -2.31. The fraction of sp³-hybridized carbons (Fsp3) is 0.370. The number of aromatic nitrogens is 2. The van der Waals surface area contributed by atoms with Crippen molar-refractivity contribution in [1.82, 2.24) is 9.55 Å². The van der Waals surface area contributed by atoms with E-state index in [1.807, 2.05) is 31.2 Å². The summed E-state index contributed by atoms with van der Waals surface area (Å²) in [5.74, 6) is 0.326. The van der Waals surface area contributed by atoms with E-state index in [4.69, 9.17) is 11.0 Å². The number of nitriles is 1. The van der Waals surface area contributed by atoms with Crippen molar-refractivity contribution in [2.24, 2.45) is 11.7 Å². The third-order valence-electron chi connectivity index (χ3n) is 6.68. The average molecular weight is 502 g/mol. The molecule has 0 aliphatic heterocycles. The summed E-state index contributed by atoms with van der Waals surface area (Å²) in [6.07, 6.45) is 5.19. The Bertz CT molecular complexity index is 1330. The van der Waals surface area contributed by atoms with Gasteiger partial charge in [0.05, 0.1) is 22.7 Å². The first-order valence-electron chi connectivity index (χ1n) is 12.5. The van der Waals surface area contributed by atoms with Crippen LogP contribution >= 0.6 is 0 Å². The number of nitrogens with two attached hydrogens (primary N) is 1. The van der Waals surface area contributed by atoms with E-state index in [9.17, 15) is 14.4 Å². The van der Waals surface area contributed by atoms with E-state index in [1.165, 1.54) is 12.8 Å². The van der Waals surface area contributed by atoms with Crippen LogP contribution in [-0.4, -0.2) is 33.9 Å². The molecule has 4 amide bonds. The van der Waals surface area contributed by atoms with Gasteiger partial charge in [-0.3, -0.25) is 14.9 Å². The highest BCUT2D eigenvalue weighted by atomic mass is 16.2. The van der Waals surface area contributed by atoms with Gasteiger partial charge in [0.1, 0.15) is 0 Å². The van der Waals surface area contributed by atoms with E-state index < -0.39 is 11.9 Å². The first-order valence-corrected chi connectivity index (χ1v) is 12.5. The molecule has 4 N–H and O–H groups in total. The predicted molar refractivity (Wildman–Crippen MR) is 142 cm³/mol. The van der Waals surface area contributed by atoms with Gasteiger partial charge in [0.15, 0.2) is 0 Å². The number of amides is 4. The number of aryl methyl sites for hydroxylation is 1. The predicted octanol–water partition coefficient (Wildman–Crippen LogP) is 4.36. The molecule has 0 bridgehead atoms. The highest BCUT2D eigenvalue weighted by Gasteiger charge is 2.23. The average Bonchev–Trinajstić information content (AvgIpc) is 3.50. The second-order valence-corrected chi connectivity index (χ2v) is 9.24. The summed E-state index contributed by atoms with van der Waals surface area (Å²) < 4.78 is 1.72. The number of urea groups is 1. The van der Waals surface area contributed by atoms with Crippen LogP contribution < -0.4 is 21.3 Å². The van der Waals surface area contributed by atoms with Crippen LogP contribution in [0.4, 0.5) is 22.1 Å². The maximum atomic E-state index is 13.0. The number of rotatable bonds is 9. The summed E-state index contributed by atoms with van der Waals surface area (Å²) in [6.45, 7) is 2.72.